The van der Waals surface area contributed by atoms with Gasteiger partial charge >= 0.3 is 0 Å². The van der Waals surface area contributed by atoms with E-state index < -0.39 is 0 Å². The zero-order valence-corrected chi connectivity index (χ0v) is 27.6. The molecule has 0 fully saturated rings. The number of hydrogen-bond acceptors (Lipinski definition) is 6. The standard InChI is InChI=1S/C41H34N2O4S/c1-3-46-36-23-26(19-22-35(36)47-25-29-14-10-13-27-11-4-6-15-30(27)29)24-37-40(44)43-39(32-17-8-9-18-34(32)45-2)33-21-20-28-12-5-7-16-31(28)38(33)42-41(43)48-37/h4-19,22-24,39H,3,20-21,25H2,1-2H3/b37-24-/t39-/m0/s1. The van der Waals surface area contributed by atoms with Crippen molar-refractivity contribution in [2.24, 2.45) is 4.99 Å². The predicted octanol–water partition coefficient (Wildman–Crippen LogP) is 7.46. The van der Waals surface area contributed by atoms with E-state index in [9.17, 15) is 4.79 Å². The van der Waals surface area contributed by atoms with E-state index in [0.29, 0.717) is 34.0 Å². The van der Waals surface area contributed by atoms with Gasteiger partial charge in [0.1, 0.15) is 12.4 Å². The number of allylic oxidation sites excluding steroid dienone is 1. The summed E-state index contributed by atoms with van der Waals surface area (Å²) in [6, 6.07) is 36.5. The average Bonchev–Trinajstić information content (AvgIpc) is 3.44. The molecule has 8 rings (SSSR count). The molecule has 0 saturated heterocycles. The summed E-state index contributed by atoms with van der Waals surface area (Å²) in [5.41, 5.74) is 7.37. The van der Waals surface area contributed by atoms with Gasteiger partial charge in [0, 0.05) is 11.1 Å². The second-order valence-electron chi connectivity index (χ2n) is 11.9. The molecule has 6 nitrogen and oxygen atoms in total. The molecule has 0 unspecified atom stereocenters. The summed E-state index contributed by atoms with van der Waals surface area (Å²) in [4.78, 5) is 20.2. The van der Waals surface area contributed by atoms with Gasteiger partial charge in [0.15, 0.2) is 16.3 Å². The fraction of sp³-hybridized carbons (Fsp3) is 0.171. The van der Waals surface area contributed by atoms with E-state index in [-0.39, 0.29) is 11.6 Å². The smallest absolute Gasteiger partial charge is 0.271 e. The number of nitrogens with zero attached hydrogens (tertiary/aromatic N) is 2. The molecule has 2 heterocycles. The average molecular weight is 651 g/mol. The molecule has 1 atom stereocenters. The Hall–Kier alpha value is -5.40. The van der Waals surface area contributed by atoms with Crippen LogP contribution in [0.3, 0.4) is 0 Å². The number of para-hydroxylation sites is 1. The minimum Gasteiger partial charge on any atom is -0.496 e. The summed E-state index contributed by atoms with van der Waals surface area (Å²) in [5, 5.41) is 2.35. The first-order valence-corrected chi connectivity index (χ1v) is 17.1. The number of methoxy groups -OCH3 is 1. The number of hydrogen-bond donors (Lipinski definition) is 0. The Bertz CT molecular complexity index is 2400. The van der Waals surface area contributed by atoms with E-state index in [2.05, 4.69) is 60.7 Å². The highest BCUT2D eigenvalue weighted by Gasteiger charge is 2.34. The number of ether oxygens (including phenoxy) is 3. The number of aryl methyl sites for hydroxylation is 1. The Morgan fingerprint density at radius 3 is 2.56 bits per heavy atom. The van der Waals surface area contributed by atoms with Crippen molar-refractivity contribution in [3.63, 3.8) is 0 Å². The Balaban J connectivity index is 1.20. The summed E-state index contributed by atoms with van der Waals surface area (Å²) < 4.78 is 20.6. The van der Waals surface area contributed by atoms with Crippen LogP contribution in [0.25, 0.3) is 22.5 Å². The number of aromatic nitrogens is 1. The second kappa shape index (κ2) is 12.7. The molecule has 0 saturated carbocycles. The van der Waals surface area contributed by atoms with Crippen molar-refractivity contribution in [2.75, 3.05) is 13.7 Å². The van der Waals surface area contributed by atoms with Crippen molar-refractivity contribution in [2.45, 2.75) is 32.4 Å². The molecule has 1 aromatic heterocycles. The maximum Gasteiger partial charge on any atom is 0.271 e. The fourth-order valence-electron chi connectivity index (χ4n) is 6.92. The van der Waals surface area contributed by atoms with Crippen LogP contribution in [0.15, 0.2) is 125 Å². The first kappa shape index (κ1) is 30.0. The number of fused-ring (bicyclic) bond motifs is 4. The highest BCUT2D eigenvalue weighted by Crippen LogP contribution is 2.43. The van der Waals surface area contributed by atoms with E-state index in [1.54, 1.807) is 7.11 Å². The van der Waals surface area contributed by atoms with E-state index >= 15 is 0 Å². The monoisotopic (exact) mass is 650 g/mol. The first-order valence-electron chi connectivity index (χ1n) is 16.2. The lowest BCUT2D eigenvalue weighted by molar-refractivity contribution is 0.270. The van der Waals surface area contributed by atoms with Gasteiger partial charge in [-0.05, 0) is 77.1 Å². The van der Waals surface area contributed by atoms with Gasteiger partial charge in [0.2, 0.25) is 0 Å². The topological polar surface area (TPSA) is 62.0 Å². The molecule has 0 N–H and O–H groups in total. The summed E-state index contributed by atoms with van der Waals surface area (Å²) in [6.07, 6.45) is 3.65. The van der Waals surface area contributed by atoms with Crippen LogP contribution in [0, 0.1) is 0 Å². The van der Waals surface area contributed by atoms with Crippen LogP contribution in [0.5, 0.6) is 17.2 Å². The Labute approximate surface area is 282 Å². The third kappa shape index (κ3) is 5.30. The second-order valence-corrected chi connectivity index (χ2v) is 12.9. The SMILES string of the molecule is CCOc1cc(/C=c2\sc3n(c2=O)[C@@H](c2ccccc2OC)C2=C(N=3)c3ccccc3CC2)ccc1OCc1cccc2ccccc12. The van der Waals surface area contributed by atoms with Crippen molar-refractivity contribution in [1.29, 1.82) is 0 Å². The molecule has 5 aromatic carbocycles. The maximum atomic E-state index is 14.3. The number of benzene rings is 5. The van der Waals surface area contributed by atoms with Crippen LogP contribution >= 0.6 is 11.3 Å². The van der Waals surface area contributed by atoms with Crippen LogP contribution in [-0.2, 0) is 13.0 Å². The van der Waals surface area contributed by atoms with Crippen LogP contribution < -0.4 is 29.1 Å². The van der Waals surface area contributed by atoms with E-state index in [0.717, 1.165) is 52.1 Å². The van der Waals surface area contributed by atoms with E-state index in [1.807, 2.05) is 66.1 Å². The quantitative estimate of drug-likeness (QED) is 0.172. The van der Waals surface area contributed by atoms with Crippen molar-refractivity contribution < 1.29 is 14.2 Å². The molecule has 6 aromatic rings. The Morgan fingerprint density at radius 2 is 1.67 bits per heavy atom. The third-order valence-corrected chi connectivity index (χ3v) is 10.1. The summed E-state index contributed by atoms with van der Waals surface area (Å²) in [5.74, 6) is 2.05. The van der Waals surface area contributed by atoms with Gasteiger partial charge in [0.25, 0.3) is 5.56 Å². The lowest BCUT2D eigenvalue weighted by Crippen LogP contribution is -2.39. The largest absolute Gasteiger partial charge is 0.496 e. The van der Waals surface area contributed by atoms with Crippen molar-refractivity contribution >= 4 is 33.9 Å². The lowest BCUT2D eigenvalue weighted by atomic mass is 9.83. The molecule has 0 amide bonds. The zero-order valence-electron chi connectivity index (χ0n) is 26.8. The fourth-order valence-corrected chi connectivity index (χ4v) is 7.92. The third-order valence-electron chi connectivity index (χ3n) is 9.13. The molecular formula is C41H34N2O4S. The minimum atomic E-state index is -0.313. The summed E-state index contributed by atoms with van der Waals surface area (Å²) >= 11 is 1.41. The Morgan fingerprint density at radius 1 is 0.854 bits per heavy atom. The van der Waals surface area contributed by atoms with Gasteiger partial charge in [-0.1, -0.05) is 102 Å². The zero-order chi connectivity index (χ0) is 32.6. The van der Waals surface area contributed by atoms with Gasteiger partial charge in [0.05, 0.1) is 30.0 Å². The minimum absolute atomic E-state index is 0.0747. The molecule has 0 bridgehead atoms. The first-order chi connectivity index (χ1) is 23.6. The highest BCUT2D eigenvalue weighted by atomic mass is 32.1. The van der Waals surface area contributed by atoms with Crippen LogP contribution in [0.2, 0.25) is 0 Å². The van der Waals surface area contributed by atoms with Gasteiger partial charge in [-0.25, -0.2) is 4.99 Å². The normalized spacial score (nSPS) is 15.4. The summed E-state index contributed by atoms with van der Waals surface area (Å²) in [6.45, 7) is 2.86. The van der Waals surface area contributed by atoms with Gasteiger partial charge in [-0.15, -0.1) is 0 Å². The molecular weight excluding hydrogens is 617 g/mol. The van der Waals surface area contributed by atoms with Gasteiger partial charge < -0.3 is 14.2 Å². The lowest BCUT2D eigenvalue weighted by Gasteiger charge is -2.31. The predicted molar refractivity (Wildman–Crippen MR) is 192 cm³/mol. The maximum absolute atomic E-state index is 14.3. The van der Waals surface area contributed by atoms with E-state index in [1.165, 1.54) is 27.7 Å². The van der Waals surface area contributed by atoms with Gasteiger partial charge in [-0.2, -0.15) is 0 Å². The number of thiazole rings is 1. The molecule has 2 aliphatic rings. The molecule has 0 radical (unpaired) electrons. The van der Waals surface area contributed by atoms with E-state index in [4.69, 9.17) is 19.2 Å². The van der Waals surface area contributed by atoms with Crippen LogP contribution in [0.4, 0.5) is 0 Å². The molecule has 1 aliphatic carbocycles. The number of rotatable bonds is 8. The molecule has 238 valence electrons. The van der Waals surface area contributed by atoms with Gasteiger partial charge in [-0.3, -0.25) is 9.36 Å². The summed E-state index contributed by atoms with van der Waals surface area (Å²) in [7, 11) is 1.68. The molecule has 1 aliphatic heterocycles. The van der Waals surface area contributed by atoms with Crippen molar-refractivity contribution in [3.8, 4) is 17.2 Å². The van der Waals surface area contributed by atoms with Crippen molar-refractivity contribution in [3.05, 3.63) is 162 Å². The van der Waals surface area contributed by atoms with Crippen molar-refractivity contribution in [1.82, 2.24) is 4.57 Å². The molecule has 0 spiro atoms. The Kier molecular flexibility index (Phi) is 7.90. The molecule has 7 heteroatoms. The highest BCUT2D eigenvalue weighted by molar-refractivity contribution is 7.07. The van der Waals surface area contributed by atoms with Crippen LogP contribution in [0.1, 0.15) is 47.2 Å². The van der Waals surface area contributed by atoms with Crippen LogP contribution in [-0.4, -0.2) is 18.3 Å². The molecule has 48 heavy (non-hydrogen) atoms.